The summed E-state index contributed by atoms with van der Waals surface area (Å²) >= 11 is 0. The Labute approximate surface area is 136 Å². The van der Waals surface area contributed by atoms with Gasteiger partial charge in [-0.3, -0.25) is 9.78 Å². The monoisotopic (exact) mass is 342 g/mol. The Hall–Kier alpha value is -2.12. The first kappa shape index (κ1) is 16.7. The summed E-state index contributed by atoms with van der Waals surface area (Å²) < 4.78 is 37.7. The predicted molar refractivity (Wildman–Crippen MR) is 77.2 cm³/mol. The lowest BCUT2D eigenvalue weighted by atomic mass is 9.84. The van der Waals surface area contributed by atoms with Gasteiger partial charge in [0.2, 0.25) is 0 Å². The van der Waals surface area contributed by atoms with Crippen LogP contribution in [0.2, 0.25) is 0 Å². The van der Waals surface area contributed by atoms with Gasteiger partial charge in [0.15, 0.2) is 0 Å². The second-order valence-electron chi connectivity index (χ2n) is 6.34. The van der Waals surface area contributed by atoms with Crippen LogP contribution in [0, 0.1) is 5.92 Å². The second-order valence-corrected chi connectivity index (χ2v) is 6.34. The van der Waals surface area contributed by atoms with E-state index in [1.807, 2.05) is 0 Å². The number of hydrogen-bond donors (Lipinski definition) is 1. The molecule has 0 unspecified atom stereocenters. The lowest BCUT2D eigenvalue weighted by Gasteiger charge is -2.33. The Kier molecular flexibility index (Phi) is 4.23. The fourth-order valence-corrected chi connectivity index (χ4v) is 3.81. The first-order chi connectivity index (χ1) is 11.3. The number of aliphatic carboxylic acids is 1. The summed E-state index contributed by atoms with van der Waals surface area (Å²) in [5.74, 6) is -1.48. The third kappa shape index (κ3) is 2.97. The molecular weight excluding hydrogens is 325 g/mol. The molecule has 1 saturated heterocycles. The number of alkyl halides is 3. The molecular formula is C16H17F3N2O3. The number of likely N-dealkylation sites (tertiary alicyclic amines) is 1. The lowest BCUT2D eigenvalue weighted by molar-refractivity contribution is -0.142. The maximum Gasteiger partial charge on any atom is 0.433 e. The molecule has 8 heteroatoms. The van der Waals surface area contributed by atoms with E-state index in [1.165, 1.54) is 4.90 Å². The van der Waals surface area contributed by atoms with Crippen LogP contribution in [0.15, 0.2) is 18.3 Å². The van der Waals surface area contributed by atoms with E-state index in [1.54, 1.807) is 0 Å². The van der Waals surface area contributed by atoms with E-state index in [0.717, 1.165) is 44.0 Å². The summed E-state index contributed by atoms with van der Waals surface area (Å²) in [4.78, 5) is 28.9. The fraction of sp³-hybridized carbons (Fsp3) is 0.562. The summed E-state index contributed by atoms with van der Waals surface area (Å²) in [5, 5.41) is 9.42. The summed E-state index contributed by atoms with van der Waals surface area (Å²) in [6, 6.07) is 0.729. The van der Waals surface area contributed by atoms with Gasteiger partial charge < -0.3 is 10.0 Å². The Morgan fingerprint density at radius 3 is 2.50 bits per heavy atom. The molecule has 1 saturated carbocycles. The van der Waals surface area contributed by atoms with Crippen LogP contribution in [0.25, 0.3) is 0 Å². The van der Waals surface area contributed by atoms with Crippen molar-refractivity contribution in [3.63, 3.8) is 0 Å². The number of carboxylic acids is 1. The molecule has 0 radical (unpaired) electrons. The highest BCUT2D eigenvalue weighted by Crippen LogP contribution is 2.40. The van der Waals surface area contributed by atoms with Gasteiger partial charge in [0.1, 0.15) is 11.7 Å². The van der Waals surface area contributed by atoms with Crippen molar-refractivity contribution < 1.29 is 27.9 Å². The van der Waals surface area contributed by atoms with E-state index in [4.69, 9.17) is 0 Å². The number of nitrogens with zero attached hydrogens (tertiary/aromatic N) is 2. The number of hydrogen-bond acceptors (Lipinski definition) is 3. The Balaban J connectivity index is 1.87. The van der Waals surface area contributed by atoms with E-state index in [9.17, 15) is 27.9 Å². The average Bonchev–Trinajstić information content (AvgIpc) is 2.93. The quantitative estimate of drug-likeness (QED) is 0.897. The van der Waals surface area contributed by atoms with Crippen molar-refractivity contribution in [2.75, 3.05) is 0 Å². The molecule has 130 valence electrons. The van der Waals surface area contributed by atoms with Crippen LogP contribution in [0.4, 0.5) is 13.2 Å². The van der Waals surface area contributed by atoms with E-state index >= 15 is 0 Å². The van der Waals surface area contributed by atoms with Crippen LogP contribution >= 0.6 is 0 Å². The number of carbonyl (C=O) groups excluding carboxylic acids is 1. The average molecular weight is 342 g/mol. The molecule has 0 bridgehead atoms. The topological polar surface area (TPSA) is 70.5 Å². The molecule has 0 spiro atoms. The Morgan fingerprint density at radius 2 is 1.92 bits per heavy atom. The van der Waals surface area contributed by atoms with Gasteiger partial charge in [-0.05, 0) is 37.3 Å². The number of fused-ring (bicyclic) bond motifs is 1. The van der Waals surface area contributed by atoms with Crippen molar-refractivity contribution in [1.29, 1.82) is 0 Å². The zero-order valence-electron chi connectivity index (χ0n) is 12.8. The van der Waals surface area contributed by atoms with Gasteiger partial charge >= 0.3 is 12.1 Å². The first-order valence-electron chi connectivity index (χ1n) is 7.87. The smallest absolute Gasteiger partial charge is 0.433 e. The normalized spacial score (nSPS) is 27.0. The minimum atomic E-state index is -4.58. The molecule has 3 atom stereocenters. The maximum absolute atomic E-state index is 12.7. The lowest BCUT2D eigenvalue weighted by Crippen LogP contribution is -2.46. The van der Waals surface area contributed by atoms with Gasteiger partial charge in [0.25, 0.3) is 5.91 Å². The fourth-order valence-electron chi connectivity index (χ4n) is 3.81. The Morgan fingerprint density at radius 1 is 1.21 bits per heavy atom. The summed E-state index contributed by atoms with van der Waals surface area (Å²) in [6.07, 6.45) is 0.241. The molecule has 1 aliphatic carbocycles. The zero-order chi connectivity index (χ0) is 17.5. The number of aromatic nitrogens is 1. The molecule has 2 heterocycles. The number of carboxylic acid groups (broad SMARTS) is 1. The van der Waals surface area contributed by atoms with Gasteiger partial charge in [-0.1, -0.05) is 12.8 Å². The minimum Gasteiger partial charge on any atom is -0.480 e. The number of carbonyl (C=O) groups is 2. The van der Waals surface area contributed by atoms with Crippen molar-refractivity contribution in [2.24, 2.45) is 5.92 Å². The molecule has 3 rings (SSSR count). The molecule has 1 aromatic heterocycles. The molecule has 1 amide bonds. The molecule has 2 aliphatic rings. The largest absolute Gasteiger partial charge is 0.480 e. The van der Waals surface area contributed by atoms with Crippen LogP contribution in [-0.2, 0) is 11.0 Å². The Bertz CT molecular complexity index is 645. The highest BCUT2D eigenvalue weighted by molar-refractivity contribution is 5.97. The molecule has 1 aromatic rings. The maximum atomic E-state index is 12.7. The minimum absolute atomic E-state index is 0.0135. The number of rotatable bonds is 2. The molecule has 1 aliphatic heterocycles. The predicted octanol–water partition coefficient (Wildman–Crippen LogP) is 2.96. The van der Waals surface area contributed by atoms with Crippen LogP contribution in [0.5, 0.6) is 0 Å². The van der Waals surface area contributed by atoms with Crippen molar-refractivity contribution in [3.8, 4) is 0 Å². The molecule has 5 nitrogen and oxygen atoms in total. The van der Waals surface area contributed by atoms with Gasteiger partial charge in [-0.2, -0.15) is 13.2 Å². The van der Waals surface area contributed by atoms with Gasteiger partial charge in [-0.15, -0.1) is 0 Å². The van der Waals surface area contributed by atoms with Gasteiger partial charge in [0.05, 0.1) is 5.56 Å². The van der Waals surface area contributed by atoms with Crippen molar-refractivity contribution in [2.45, 2.75) is 50.4 Å². The van der Waals surface area contributed by atoms with Crippen molar-refractivity contribution in [1.82, 2.24) is 9.88 Å². The highest BCUT2D eigenvalue weighted by atomic mass is 19.4. The molecule has 2 fully saturated rings. The summed E-state index contributed by atoms with van der Waals surface area (Å²) in [5.41, 5.74) is -1.09. The van der Waals surface area contributed by atoms with Gasteiger partial charge in [0, 0.05) is 12.2 Å². The van der Waals surface area contributed by atoms with E-state index in [0.29, 0.717) is 6.42 Å². The molecule has 1 N–H and O–H groups in total. The van der Waals surface area contributed by atoms with Crippen molar-refractivity contribution >= 4 is 11.9 Å². The van der Waals surface area contributed by atoms with Crippen molar-refractivity contribution in [3.05, 3.63) is 29.6 Å². The van der Waals surface area contributed by atoms with Crippen LogP contribution in [0.1, 0.15) is 48.2 Å². The van der Waals surface area contributed by atoms with Crippen LogP contribution in [0.3, 0.4) is 0 Å². The number of amides is 1. The van der Waals surface area contributed by atoms with E-state index < -0.39 is 29.8 Å². The van der Waals surface area contributed by atoms with E-state index in [-0.39, 0.29) is 17.5 Å². The summed E-state index contributed by atoms with van der Waals surface area (Å²) in [7, 11) is 0. The van der Waals surface area contributed by atoms with Gasteiger partial charge in [-0.25, -0.2) is 4.79 Å². The molecule has 0 aromatic carbocycles. The van der Waals surface area contributed by atoms with E-state index in [2.05, 4.69) is 4.98 Å². The highest BCUT2D eigenvalue weighted by Gasteiger charge is 2.47. The third-order valence-corrected chi connectivity index (χ3v) is 4.91. The number of pyridine rings is 1. The zero-order valence-corrected chi connectivity index (χ0v) is 12.8. The molecule has 24 heavy (non-hydrogen) atoms. The standard InChI is InChI=1S/C16H17F3N2O3/c17-16(18,19)13-6-5-10(8-20-13)14(22)21-11-4-2-1-3-9(11)7-12(21)15(23)24/h5-6,8-9,11-12H,1-4,7H2,(H,23,24)/t9-,11+,12+/m1/s1. The van der Waals surface area contributed by atoms with Crippen LogP contribution in [-0.4, -0.2) is 39.0 Å². The SMILES string of the molecule is O=C(O)[C@@H]1C[C@H]2CCCC[C@@H]2N1C(=O)c1ccc(C(F)(F)F)nc1. The number of halogens is 3. The first-order valence-corrected chi connectivity index (χ1v) is 7.87. The van der Waals surface area contributed by atoms with Crippen LogP contribution < -0.4 is 0 Å². The second kappa shape index (κ2) is 6.07. The third-order valence-electron chi connectivity index (χ3n) is 4.91. The summed E-state index contributed by atoms with van der Waals surface area (Å²) in [6.45, 7) is 0.